The lowest BCUT2D eigenvalue weighted by atomic mass is 10.3. The number of rotatable bonds is 1. The van der Waals surface area contributed by atoms with Gasteiger partial charge < -0.3 is 4.74 Å². The number of ether oxygens (including phenoxy) is 1. The van der Waals surface area contributed by atoms with Gasteiger partial charge in [-0.15, -0.1) is 22.7 Å². The standard InChI is InChI=1S/C7H4BrNO2S2/c1-11-6(10)3-2-12-5-4(3)13-7(8)9-5/h2H,1H3. The highest BCUT2D eigenvalue weighted by atomic mass is 79.9. The highest BCUT2D eigenvalue weighted by molar-refractivity contribution is 9.11. The quantitative estimate of drug-likeness (QED) is 0.753. The second-order valence-electron chi connectivity index (χ2n) is 2.24. The summed E-state index contributed by atoms with van der Waals surface area (Å²) in [6, 6.07) is 0. The van der Waals surface area contributed by atoms with Crippen molar-refractivity contribution in [3.63, 3.8) is 0 Å². The van der Waals surface area contributed by atoms with Crippen molar-refractivity contribution in [2.24, 2.45) is 0 Å². The largest absolute Gasteiger partial charge is 0.465 e. The van der Waals surface area contributed by atoms with E-state index in [1.807, 2.05) is 0 Å². The molecular weight excluding hydrogens is 274 g/mol. The van der Waals surface area contributed by atoms with Crippen molar-refractivity contribution in [2.75, 3.05) is 7.11 Å². The molecule has 0 spiro atoms. The predicted molar refractivity (Wildman–Crippen MR) is 56.5 cm³/mol. The molecule has 68 valence electrons. The van der Waals surface area contributed by atoms with Crippen LogP contribution in [0.25, 0.3) is 9.53 Å². The van der Waals surface area contributed by atoms with Crippen molar-refractivity contribution in [1.29, 1.82) is 0 Å². The third-order valence-corrected chi connectivity index (χ3v) is 4.05. The first-order valence-electron chi connectivity index (χ1n) is 3.34. The van der Waals surface area contributed by atoms with Crippen LogP contribution < -0.4 is 0 Å². The zero-order valence-electron chi connectivity index (χ0n) is 6.54. The van der Waals surface area contributed by atoms with Gasteiger partial charge in [0.2, 0.25) is 0 Å². The van der Waals surface area contributed by atoms with E-state index < -0.39 is 0 Å². The van der Waals surface area contributed by atoms with Crippen molar-refractivity contribution in [3.8, 4) is 0 Å². The Kier molecular flexibility index (Phi) is 2.35. The van der Waals surface area contributed by atoms with Gasteiger partial charge in [-0.1, -0.05) is 0 Å². The van der Waals surface area contributed by atoms with Gasteiger partial charge in [-0.3, -0.25) is 0 Å². The van der Waals surface area contributed by atoms with Crippen LogP contribution in [0.2, 0.25) is 0 Å². The molecule has 6 heteroatoms. The molecular formula is C7H4BrNO2S2. The van der Waals surface area contributed by atoms with Gasteiger partial charge in [-0.25, -0.2) is 9.78 Å². The van der Waals surface area contributed by atoms with Crippen LogP contribution in [0.15, 0.2) is 9.30 Å². The van der Waals surface area contributed by atoms with Crippen LogP contribution in [-0.2, 0) is 4.74 Å². The van der Waals surface area contributed by atoms with Crippen molar-refractivity contribution >= 4 is 54.1 Å². The molecule has 0 N–H and O–H groups in total. The Bertz CT molecular complexity index is 462. The molecule has 2 aromatic rings. The molecule has 0 bridgehead atoms. The average Bonchev–Trinajstić information content (AvgIpc) is 2.61. The Morgan fingerprint density at radius 2 is 2.46 bits per heavy atom. The van der Waals surface area contributed by atoms with E-state index in [-0.39, 0.29) is 5.97 Å². The zero-order chi connectivity index (χ0) is 9.42. The molecule has 0 saturated carbocycles. The maximum atomic E-state index is 11.2. The maximum absolute atomic E-state index is 11.2. The second-order valence-corrected chi connectivity index (χ2v) is 5.38. The van der Waals surface area contributed by atoms with E-state index >= 15 is 0 Å². The summed E-state index contributed by atoms with van der Waals surface area (Å²) in [6.07, 6.45) is 0. The number of nitrogens with zero attached hydrogens (tertiary/aromatic N) is 1. The first-order valence-corrected chi connectivity index (χ1v) is 5.83. The van der Waals surface area contributed by atoms with E-state index in [0.717, 1.165) is 13.4 Å². The van der Waals surface area contributed by atoms with Gasteiger partial charge >= 0.3 is 5.97 Å². The highest BCUT2D eigenvalue weighted by Gasteiger charge is 2.15. The number of methoxy groups -OCH3 is 1. The van der Waals surface area contributed by atoms with Crippen LogP contribution in [0.3, 0.4) is 0 Å². The van der Waals surface area contributed by atoms with E-state index in [0.29, 0.717) is 5.56 Å². The molecule has 2 aromatic heterocycles. The highest BCUT2D eigenvalue weighted by Crippen LogP contribution is 2.33. The summed E-state index contributed by atoms with van der Waals surface area (Å²) in [4.78, 5) is 16.3. The van der Waals surface area contributed by atoms with Gasteiger partial charge in [0.1, 0.15) is 4.83 Å². The maximum Gasteiger partial charge on any atom is 0.340 e. The van der Waals surface area contributed by atoms with E-state index in [1.165, 1.54) is 29.8 Å². The van der Waals surface area contributed by atoms with E-state index in [4.69, 9.17) is 0 Å². The molecule has 0 fully saturated rings. The number of carbonyl (C=O) groups excluding carboxylic acids is 1. The van der Waals surface area contributed by atoms with Crippen LogP contribution >= 0.6 is 38.6 Å². The number of halogens is 1. The monoisotopic (exact) mass is 277 g/mol. The summed E-state index contributed by atoms with van der Waals surface area (Å²) in [6.45, 7) is 0. The number of hydrogen-bond donors (Lipinski definition) is 0. The Labute approximate surface area is 90.5 Å². The first-order chi connectivity index (χ1) is 6.22. The van der Waals surface area contributed by atoms with E-state index in [2.05, 4.69) is 25.7 Å². The lowest BCUT2D eigenvalue weighted by Crippen LogP contribution is -1.98. The zero-order valence-corrected chi connectivity index (χ0v) is 9.75. The second kappa shape index (κ2) is 3.36. The number of hydrogen-bond acceptors (Lipinski definition) is 5. The molecule has 3 nitrogen and oxygen atoms in total. The number of esters is 1. The number of thiophene rings is 1. The fourth-order valence-electron chi connectivity index (χ4n) is 0.950. The molecule has 13 heavy (non-hydrogen) atoms. The summed E-state index contributed by atoms with van der Waals surface area (Å²) in [5, 5.41) is 1.77. The molecule has 0 atom stereocenters. The van der Waals surface area contributed by atoms with E-state index in [1.54, 1.807) is 5.38 Å². The van der Waals surface area contributed by atoms with Gasteiger partial charge in [0, 0.05) is 5.38 Å². The molecule has 0 aromatic carbocycles. The fourth-order valence-corrected chi connectivity index (χ4v) is 3.63. The summed E-state index contributed by atoms with van der Waals surface area (Å²) in [7, 11) is 1.38. The Morgan fingerprint density at radius 3 is 3.15 bits per heavy atom. The summed E-state index contributed by atoms with van der Waals surface area (Å²) in [5.74, 6) is -0.303. The Hall–Kier alpha value is -0.460. The molecule has 0 saturated heterocycles. The third-order valence-electron chi connectivity index (χ3n) is 1.51. The fraction of sp³-hybridized carbons (Fsp3) is 0.143. The van der Waals surface area contributed by atoms with E-state index in [9.17, 15) is 4.79 Å². The van der Waals surface area contributed by atoms with Crippen molar-refractivity contribution < 1.29 is 9.53 Å². The van der Waals surface area contributed by atoms with Gasteiger partial charge in [0.25, 0.3) is 0 Å². The molecule has 0 aliphatic heterocycles. The SMILES string of the molecule is COC(=O)c1csc2nc(Br)sc12. The molecule has 0 amide bonds. The van der Waals surface area contributed by atoms with Gasteiger partial charge in [0.15, 0.2) is 3.92 Å². The van der Waals surface area contributed by atoms with Crippen molar-refractivity contribution in [1.82, 2.24) is 4.98 Å². The van der Waals surface area contributed by atoms with Gasteiger partial charge in [-0.05, 0) is 15.9 Å². The number of aromatic nitrogens is 1. The minimum Gasteiger partial charge on any atom is -0.465 e. The molecule has 0 radical (unpaired) electrons. The smallest absolute Gasteiger partial charge is 0.340 e. The normalized spacial score (nSPS) is 10.6. The van der Waals surface area contributed by atoms with Crippen LogP contribution in [0, 0.1) is 0 Å². The molecule has 2 heterocycles. The minimum absolute atomic E-state index is 0.303. The summed E-state index contributed by atoms with van der Waals surface area (Å²) >= 11 is 6.16. The molecule has 2 rings (SSSR count). The lowest BCUT2D eigenvalue weighted by Gasteiger charge is -1.92. The third kappa shape index (κ3) is 1.49. The Morgan fingerprint density at radius 1 is 1.69 bits per heavy atom. The number of fused-ring (bicyclic) bond motifs is 1. The summed E-state index contributed by atoms with van der Waals surface area (Å²) in [5.41, 5.74) is 0.603. The number of thiazole rings is 1. The van der Waals surface area contributed by atoms with Gasteiger partial charge in [0.05, 0.1) is 17.4 Å². The average molecular weight is 278 g/mol. The number of carbonyl (C=O) groups is 1. The summed E-state index contributed by atoms with van der Waals surface area (Å²) < 4.78 is 6.33. The van der Waals surface area contributed by atoms with Crippen molar-refractivity contribution in [3.05, 3.63) is 14.9 Å². The first kappa shape index (κ1) is 9.11. The van der Waals surface area contributed by atoms with Gasteiger partial charge in [-0.2, -0.15) is 0 Å². The molecule has 0 unspecified atom stereocenters. The van der Waals surface area contributed by atoms with Crippen LogP contribution in [0.4, 0.5) is 0 Å². The predicted octanol–water partition coefficient (Wildman–Crippen LogP) is 2.91. The van der Waals surface area contributed by atoms with Crippen molar-refractivity contribution in [2.45, 2.75) is 0 Å². The van der Waals surface area contributed by atoms with Crippen LogP contribution in [-0.4, -0.2) is 18.1 Å². The van der Waals surface area contributed by atoms with Crippen LogP contribution in [0.1, 0.15) is 10.4 Å². The molecule has 0 aliphatic rings. The lowest BCUT2D eigenvalue weighted by molar-refractivity contribution is 0.0603. The topological polar surface area (TPSA) is 39.2 Å². The Balaban J connectivity index is 2.62. The molecule has 0 aliphatic carbocycles. The van der Waals surface area contributed by atoms with Crippen LogP contribution in [0.5, 0.6) is 0 Å². The minimum atomic E-state index is -0.303.